The molecule has 2 aromatic rings. The van der Waals surface area contributed by atoms with Crippen molar-refractivity contribution in [1.82, 2.24) is 10.2 Å². The molecule has 230 valence electrons. The van der Waals surface area contributed by atoms with Gasteiger partial charge < -0.3 is 29.7 Å². The highest BCUT2D eigenvalue weighted by Crippen LogP contribution is 2.53. The monoisotopic (exact) mass is 619 g/mol. The van der Waals surface area contributed by atoms with E-state index in [0.717, 1.165) is 5.56 Å². The fourth-order valence-electron chi connectivity index (χ4n) is 6.79. The van der Waals surface area contributed by atoms with E-state index in [9.17, 15) is 24.3 Å². The van der Waals surface area contributed by atoms with Crippen LogP contribution in [0, 0.1) is 11.8 Å². The van der Waals surface area contributed by atoms with Crippen LogP contribution in [-0.2, 0) is 28.7 Å². The van der Waals surface area contributed by atoms with Gasteiger partial charge in [-0.3, -0.25) is 19.2 Å². The van der Waals surface area contributed by atoms with Gasteiger partial charge in [0.25, 0.3) is 5.91 Å². The molecule has 2 fully saturated rings. The highest BCUT2D eigenvalue weighted by atomic mass is 35.5. The summed E-state index contributed by atoms with van der Waals surface area (Å²) in [5.41, 5.74) is -0.156. The van der Waals surface area contributed by atoms with Gasteiger partial charge in [-0.15, -0.1) is 0 Å². The Bertz CT molecular complexity index is 1500. The number of hydrogen-bond acceptors (Lipinski definition) is 7. The minimum Gasteiger partial charge on any atom is -0.463 e. The average molecular weight is 620 g/mol. The number of nitrogens with zero attached hydrogens (tertiary/aromatic N) is 2. The van der Waals surface area contributed by atoms with Crippen molar-refractivity contribution in [2.24, 2.45) is 11.8 Å². The zero-order valence-electron chi connectivity index (χ0n) is 24.2. The van der Waals surface area contributed by atoms with Gasteiger partial charge in [0, 0.05) is 23.7 Å². The number of cyclic esters (lactones) is 1. The lowest BCUT2D eigenvalue weighted by atomic mass is 9.77. The van der Waals surface area contributed by atoms with Crippen molar-refractivity contribution < 1.29 is 33.8 Å². The first-order valence-corrected chi connectivity index (χ1v) is 15.2. The molecule has 6 rings (SSSR count). The van der Waals surface area contributed by atoms with Crippen LogP contribution >= 0.6 is 11.6 Å². The van der Waals surface area contributed by atoms with Gasteiger partial charge in [-0.1, -0.05) is 66.2 Å². The highest BCUT2D eigenvalue weighted by Gasteiger charge is 2.72. The van der Waals surface area contributed by atoms with Crippen molar-refractivity contribution in [2.45, 2.75) is 49.6 Å². The number of benzene rings is 2. The van der Waals surface area contributed by atoms with Crippen LogP contribution in [0.25, 0.3) is 0 Å². The number of halogens is 1. The third-order valence-corrected chi connectivity index (χ3v) is 9.13. The number of carbonyl (C=O) groups excluding carboxylic acids is 4. The van der Waals surface area contributed by atoms with Crippen molar-refractivity contribution in [2.75, 3.05) is 24.7 Å². The van der Waals surface area contributed by atoms with Gasteiger partial charge in [-0.2, -0.15) is 0 Å². The van der Waals surface area contributed by atoms with Crippen LogP contribution in [0.15, 0.2) is 78.9 Å². The van der Waals surface area contributed by atoms with Gasteiger partial charge in [-0.25, -0.2) is 0 Å². The molecule has 0 saturated carbocycles. The van der Waals surface area contributed by atoms with Gasteiger partial charge in [0.05, 0.1) is 36.6 Å². The molecular formula is C33H34ClN3O7. The molecule has 0 unspecified atom stereocenters. The molecule has 11 heteroatoms. The summed E-state index contributed by atoms with van der Waals surface area (Å²) in [6, 6.07) is 13.4. The summed E-state index contributed by atoms with van der Waals surface area (Å²) < 4.78 is 12.2. The van der Waals surface area contributed by atoms with E-state index < -0.39 is 65.4 Å². The Labute approximate surface area is 260 Å². The van der Waals surface area contributed by atoms with Crippen LogP contribution in [0.1, 0.15) is 31.4 Å². The molecule has 4 heterocycles. The molecule has 3 amide bonds. The summed E-state index contributed by atoms with van der Waals surface area (Å²) in [6.45, 7) is 1.41. The second kappa shape index (κ2) is 12.2. The molecule has 0 aromatic heterocycles. The van der Waals surface area contributed by atoms with E-state index in [1.54, 1.807) is 60.4 Å². The number of ether oxygens (including phenoxy) is 2. The first-order valence-electron chi connectivity index (χ1n) is 14.8. The number of likely N-dealkylation sites (tertiary alicyclic amines) is 1. The van der Waals surface area contributed by atoms with Crippen LogP contribution in [0.2, 0.25) is 5.02 Å². The predicted molar refractivity (Wildman–Crippen MR) is 161 cm³/mol. The lowest BCUT2D eigenvalue weighted by Crippen LogP contribution is -2.57. The Morgan fingerprint density at radius 2 is 1.80 bits per heavy atom. The van der Waals surface area contributed by atoms with E-state index in [2.05, 4.69) is 5.32 Å². The summed E-state index contributed by atoms with van der Waals surface area (Å²) in [5, 5.41) is 13.7. The Morgan fingerprint density at radius 1 is 1.05 bits per heavy atom. The SMILES string of the molecule is C[C@H](CO)N1C(=O)[C@H]2[C@@H]3C(=O)N[C@@H](c4ccccc4)COC(=O)CC/C=C\[C@@H]3O[C@]23C=CCN(c2ccc(Cl)cc2)C(=O)[C@H]13. The first-order chi connectivity index (χ1) is 21.2. The largest absolute Gasteiger partial charge is 0.463 e. The Kier molecular flexibility index (Phi) is 8.32. The number of nitrogens with one attached hydrogen (secondary N) is 1. The van der Waals surface area contributed by atoms with Crippen LogP contribution in [0.4, 0.5) is 5.69 Å². The van der Waals surface area contributed by atoms with E-state index in [1.165, 1.54) is 4.90 Å². The predicted octanol–water partition coefficient (Wildman–Crippen LogP) is 2.96. The maximum Gasteiger partial charge on any atom is 0.306 e. The van der Waals surface area contributed by atoms with Crippen LogP contribution in [-0.4, -0.2) is 77.2 Å². The number of fused-ring (bicyclic) bond motifs is 2. The maximum atomic E-state index is 14.4. The van der Waals surface area contributed by atoms with Crippen LogP contribution in [0.5, 0.6) is 0 Å². The number of anilines is 1. The molecule has 10 nitrogen and oxygen atoms in total. The second-order valence-electron chi connectivity index (χ2n) is 11.6. The van der Waals surface area contributed by atoms with E-state index in [1.807, 2.05) is 30.3 Å². The quantitative estimate of drug-likeness (QED) is 0.398. The van der Waals surface area contributed by atoms with Crippen LogP contribution < -0.4 is 10.2 Å². The van der Waals surface area contributed by atoms with E-state index in [4.69, 9.17) is 21.1 Å². The molecule has 4 aliphatic heterocycles. The molecule has 2 aromatic carbocycles. The van der Waals surface area contributed by atoms with E-state index in [0.29, 0.717) is 17.1 Å². The fourth-order valence-corrected chi connectivity index (χ4v) is 6.92. The highest BCUT2D eigenvalue weighted by molar-refractivity contribution is 6.30. The number of aliphatic hydroxyl groups is 1. The minimum atomic E-state index is -1.48. The van der Waals surface area contributed by atoms with Gasteiger partial charge >= 0.3 is 5.97 Å². The second-order valence-corrected chi connectivity index (χ2v) is 12.0. The van der Waals surface area contributed by atoms with Crippen molar-refractivity contribution in [3.63, 3.8) is 0 Å². The van der Waals surface area contributed by atoms with Crippen molar-refractivity contribution in [3.05, 3.63) is 89.5 Å². The molecular weight excluding hydrogens is 586 g/mol. The first kappa shape index (κ1) is 30.1. The van der Waals surface area contributed by atoms with Gasteiger partial charge in [-0.05, 0) is 43.2 Å². The smallest absolute Gasteiger partial charge is 0.306 e. The van der Waals surface area contributed by atoms with Crippen molar-refractivity contribution in [3.8, 4) is 0 Å². The number of allylic oxidation sites excluding steroid dienone is 1. The third-order valence-electron chi connectivity index (χ3n) is 8.88. The van der Waals surface area contributed by atoms with Gasteiger partial charge in [0.2, 0.25) is 11.8 Å². The summed E-state index contributed by atoms with van der Waals surface area (Å²) in [6.07, 6.45) is 6.61. The lowest BCUT2D eigenvalue weighted by Gasteiger charge is -2.37. The van der Waals surface area contributed by atoms with E-state index >= 15 is 0 Å². The number of carbonyl (C=O) groups is 4. The summed E-state index contributed by atoms with van der Waals surface area (Å²) >= 11 is 6.11. The Hall–Kier alpha value is -3.99. The molecule has 2 N–H and O–H groups in total. The number of esters is 1. The zero-order chi connectivity index (χ0) is 31.0. The minimum absolute atomic E-state index is 0.0783. The molecule has 44 heavy (non-hydrogen) atoms. The molecule has 0 aliphatic carbocycles. The van der Waals surface area contributed by atoms with Gasteiger partial charge in [0.15, 0.2) is 0 Å². The summed E-state index contributed by atoms with van der Waals surface area (Å²) in [4.78, 5) is 58.4. The third kappa shape index (κ3) is 5.21. The van der Waals surface area contributed by atoms with Crippen molar-refractivity contribution in [1.29, 1.82) is 0 Å². The standard InChI is InChI=1S/C33H34ClN3O7/c1-20(18-38)37-29-32(42)36(23-14-12-22(34)13-15-23)17-7-16-33(29)28(31(37)41)27-25(44-33)10-5-6-11-26(39)43-19-24(35-30(27)40)21-8-3-2-4-9-21/h2-5,7-10,12-16,20,24-25,27-29,38H,6,11,17-19H2,1H3,(H,35,40)/b10-5-/t20-,24-,25+,27-,28-,29+,33-/m1/s1. The zero-order valence-corrected chi connectivity index (χ0v) is 24.9. The fraction of sp³-hybridized carbons (Fsp3) is 0.394. The normalized spacial score (nSPS) is 31.9. The van der Waals surface area contributed by atoms with Gasteiger partial charge in [0.1, 0.15) is 18.2 Å². The molecule has 4 aliphatic rings. The average Bonchev–Trinajstić information content (AvgIpc) is 3.42. The summed E-state index contributed by atoms with van der Waals surface area (Å²) in [5.74, 6) is -3.75. The number of amides is 3. The number of aliphatic hydroxyl groups excluding tert-OH is 1. The molecule has 0 bridgehead atoms. The topological polar surface area (TPSA) is 125 Å². The summed E-state index contributed by atoms with van der Waals surface area (Å²) in [7, 11) is 0. The lowest BCUT2D eigenvalue weighted by molar-refractivity contribution is -0.146. The molecule has 2 saturated heterocycles. The molecule has 7 atom stereocenters. The number of rotatable bonds is 4. The van der Waals surface area contributed by atoms with Crippen molar-refractivity contribution >= 4 is 41.0 Å². The Balaban J connectivity index is 1.43. The van der Waals surface area contributed by atoms with Crippen LogP contribution in [0.3, 0.4) is 0 Å². The number of hydrogen-bond donors (Lipinski definition) is 2. The Morgan fingerprint density at radius 3 is 2.52 bits per heavy atom. The van der Waals surface area contributed by atoms with E-state index in [-0.39, 0.29) is 26.2 Å². The maximum absolute atomic E-state index is 14.4. The molecule has 1 spiro atoms. The molecule has 0 radical (unpaired) electrons.